The van der Waals surface area contributed by atoms with E-state index in [4.69, 9.17) is 4.74 Å². The Labute approximate surface area is 84.9 Å². The zero-order valence-electron chi connectivity index (χ0n) is 8.69. The van der Waals surface area contributed by atoms with Crippen molar-refractivity contribution < 1.29 is 9.53 Å². The number of methoxy groups -OCH3 is 1. The van der Waals surface area contributed by atoms with E-state index in [1.807, 2.05) is 31.2 Å². The van der Waals surface area contributed by atoms with Gasteiger partial charge >= 0.3 is 0 Å². The molecule has 0 heterocycles. The summed E-state index contributed by atoms with van der Waals surface area (Å²) < 4.78 is 5.22. The van der Waals surface area contributed by atoms with E-state index in [-0.39, 0.29) is 5.92 Å². The van der Waals surface area contributed by atoms with E-state index < -0.39 is 0 Å². The number of hydrogen-bond acceptors (Lipinski definition) is 2. The van der Waals surface area contributed by atoms with Crippen LogP contribution in [-0.4, -0.2) is 13.4 Å². The fraction of sp³-hybridized carbons (Fsp3) is 0.417. The van der Waals surface area contributed by atoms with Crippen LogP contribution in [0.4, 0.5) is 0 Å². The number of carbonyl (C=O) groups is 1. The Hall–Kier alpha value is -1.31. The summed E-state index contributed by atoms with van der Waals surface area (Å²) in [6.45, 7) is 2.02. The number of carbonyl (C=O) groups excluding carboxylic acids is 1. The lowest BCUT2D eigenvalue weighted by molar-refractivity contribution is -0.111. The highest BCUT2D eigenvalue weighted by Gasteiger charge is 2.08. The lowest BCUT2D eigenvalue weighted by atomic mass is 9.98. The van der Waals surface area contributed by atoms with E-state index in [1.54, 1.807) is 7.11 Å². The van der Waals surface area contributed by atoms with Gasteiger partial charge in [0.05, 0.1) is 7.11 Å². The summed E-state index contributed by atoms with van der Waals surface area (Å²) in [4.78, 5) is 10.7. The smallest absolute Gasteiger partial charge is 0.123 e. The molecule has 0 fully saturated rings. The Morgan fingerprint density at radius 3 is 2.71 bits per heavy atom. The van der Waals surface area contributed by atoms with Gasteiger partial charge in [-0.05, 0) is 24.5 Å². The molecule has 0 aliphatic rings. The molecule has 0 aliphatic heterocycles. The van der Waals surface area contributed by atoms with Crippen molar-refractivity contribution in [1.82, 2.24) is 0 Å². The van der Waals surface area contributed by atoms with Crippen molar-refractivity contribution in [3.8, 4) is 5.75 Å². The van der Waals surface area contributed by atoms with Crippen molar-refractivity contribution in [2.24, 2.45) is 5.92 Å². The van der Waals surface area contributed by atoms with Gasteiger partial charge in [-0.1, -0.05) is 25.1 Å². The molecule has 2 heteroatoms. The molecule has 2 nitrogen and oxygen atoms in total. The molecule has 0 spiro atoms. The monoisotopic (exact) mass is 192 g/mol. The molecule has 0 saturated heterocycles. The van der Waals surface area contributed by atoms with Gasteiger partial charge in [-0.3, -0.25) is 0 Å². The van der Waals surface area contributed by atoms with Gasteiger partial charge in [0.25, 0.3) is 0 Å². The molecule has 0 bridgehead atoms. The normalized spacial score (nSPS) is 12.1. The number of para-hydroxylation sites is 1. The van der Waals surface area contributed by atoms with Gasteiger partial charge in [-0.2, -0.15) is 0 Å². The van der Waals surface area contributed by atoms with E-state index in [0.717, 1.165) is 30.4 Å². The molecule has 0 aromatic heterocycles. The highest BCUT2D eigenvalue weighted by Crippen LogP contribution is 2.21. The van der Waals surface area contributed by atoms with Crippen molar-refractivity contribution in [2.45, 2.75) is 19.8 Å². The average molecular weight is 192 g/mol. The molecule has 0 radical (unpaired) electrons. The molecule has 14 heavy (non-hydrogen) atoms. The van der Waals surface area contributed by atoms with Crippen LogP contribution in [0.1, 0.15) is 18.9 Å². The molecule has 0 aliphatic carbocycles. The summed E-state index contributed by atoms with van der Waals surface area (Å²) >= 11 is 0. The minimum atomic E-state index is 0.103. The van der Waals surface area contributed by atoms with Gasteiger partial charge in [0.1, 0.15) is 12.0 Å². The van der Waals surface area contributed by atoms with E-state index in [2.05, 4.69) is 0 Å². The van der Waals surface area contributed by atoms with Crippen molar-refractivity contribution >= 4 is 6.29 Å². The quantitative estimate of drug-likeness (QED) is 0.670. The Bertz CT molecular complexity index is 294. The van der Waals surface area contributed by atoms with Gasteiger partial charge in [0, 0.05) is 5.92 Å². The van der Waals surface area contributed by atoms with Gasteiger partial charge in [0.15, 0.2) is 0 Å². The van der Waals surface area contributed by atoms with Crippen LogP contribution in [0.2, 0.25) is 0 Å². The first-order chi connectivity index (χ1) is 6.81. The van der Waals surface area contributed by atoms with Gasteiger partial charge in [-0.15, -0.1) is 0 Å². The fourth-order valence-corrected chi connectivity index (χ4v) is 1.44. The predicted octanol–water partition coefficient (Wildman–Crippen LogP) is 2.46. The van der Waals surface area contributed by atoms with E-state index in [1.165, 1.54) is 0 Å². The summed E-state index contributed by atoms with van der Waals surface area (Å²) in [5.41, 5.74) is 1.11. The van der Waals surface area contributed by atoms with Crippen LogP contribution < -0.4 is 4.74 Å². The zero-order valence-corrected chi connectivity index (χ0v) is 8.69. The maximum Gasteiger partial charge on any atom is 0.123 e. The molecule has 0 saturated carbocycles. The van der Waals surface area contributed by atoms with Crippen LogP contribution in [0.3, 0.4) is 0 Å². The summed E-state index contributed by atoms with van der Waals surface area (Å²) in [6, 6.07) is 7.83. The second-order valence-corrected chi connectivity index (χ2v) is 3.32. The molecule has 1 atom stereocenters. The first-order valence-electron chi connectivity index (χ1n) is 4.89. The van der Waals surface area contributed by atoms with Crippen LogP contribution in [-0.2, 0) is 11.2 Å². The van der Waals surface area contributed by atoms with Crippen LogP contribution in [0, 0.1) is 5.92 Å². The summed E-state index contributed by atoms with van der Waals surface area (Å²) in [5.74, 6) is 0.971. The first kappa shape index (κ1) is 10.8. The van der Waals surface area contributed by atoms with Gasteiger partial charge < -0.3 is 9.53 Å². The molecule has 1 unspecified atom stereocenters. The largest absolute Gasteiger partial charge is 0.496 e. The molecule has 76 valence electrons. The highest BCUT2D eigenvalue weighted by atomic mass is 16.5. The molecule has 1 aromatic rings. The van der Waals surface area contributed by atoms with Crippen molar-refractivity contribution in [1.29, 1.82) is 0 Å². The second kappa shape index (κ2) is 5.43. The Kier molecular flexibility index (Phi) is 4.17. The topological polar surface area (TPSA) is 26.3 Å². The van der Waals surface area contributed by atoms with Crippen LogP contribution >= 0.6 is 0 Å². The number of rotatable bonds is 5. The third kappa shape index (κ3) is 2.59. The minimum Gasteiger partial charge on any atom is -0.496 e. The minimum absolute atomic E-state index is 0.103. The SMILES string of the molecule is CCC(C=O)Cc1ccccc1OC. The van der Waals surface area contributed by atoms with Crippen molar-refractivity contribution in [3.63, 3.8) is 0 Å². The lowest BCUT2D eigenvalue weighted by Crippen LogP contribution is -2.05. The Morgan fingerprint density at radius 2 is 2.14 bits per heavy atom. The number of benzene rings is 1. The van der Waals surface area contributed by atoms with Gasteiger partial charge in [0.2, 0.25) is 0 Å². The van der Waals surface area contributed by atoms with Crippen LogP contribution in [0.25, 0.3) is 0 Å². The van der Waals surface area contributed by atoms with Crippen molar-refractivity contribution in [2.75, 3.05) is 7.11 Å². The molecule has 1 rings (SSSR count). The van der Waals surface area contributed by atoms with E-state index in [0.29, 0.717) is 0 Å². The summed E-state index contributed by atoms with van der Waals surface area (Å²) in [6.07, 6.45) is 2.66. The third-order valence-corrected chi connectivity index (χ3v) is 2.39. The van der Waals surface area contributed by atoms with Gasteiger partial charge in [-0.25, -0.2) is 0 Å². The molecule has 0 N–H and O–H groups in total. The third-order valence-electron chi connectivity index (χ3n) is 2.39. The maximum absolute atomic E-state index is 10.7. The number of ether oxygens (including phenoxy) is 1. The standard InChI is InChI=1S/C12H16O2/c1-3-10(9-13)8-11-6-4-5-7-12(11)14-2/h4-7,9-10H,3,8H2,1-2H3. The maximum atomic E-state index is 10.7. The Morgan fingerprint density at radius 1 is 1.43 bits per heavy atom. The fourth-order valence-electron chi connectivity index (χ4n) is 1.44. The summed E-state index contributed by atoms with van der Waals surface area (Å²) in [7, 11) is 1.65. The summed E-state index contributed by atoms with van der Waals surface area (Å²) in [5, 5.41) is 0. The molecular formula is C12H16O2. The second-order valence-electron chi connectivity index (χ2n) is 3.32. The van der Waals surface area contributed by atoms with Crippen LogP contribution in [0.15, 0.2) is 24.3 Å². The van der Waals surface area contributed by atoms with E-state index >= 15 is 0 Å². The zero-order chi connectivity index (χ0) is 10.4. The molecule has 0 amide bonds. The van der Waals surface area contributed by atoms with E-state index in [9.17, 15) is 4.79 Å². The molecule has 1 aromatic carbocycles. The molecular weight excluding hydrogens is 176 g/mol. The predicted molar refractivity (Wildman–Crippen MR) is 56.5 cm³/mol. The number of aldehydes is 1. The lowest BCUT2D eigenvalue weighted by Gasteiger charge is -2.10. The Balaban J connectivity index is 2.78. The number of hydrogen-bond donors (Lipinski definition) is 0. The average Bonchev–Trinajstić information content (AvgIpc) is 2.26. The van der Waals surface area contributed by atoms with Crippen molar-refractivity contribution in [3.05, 3.63) is 29.8 Å². The van der Waals surface area contributed by atoms with Crippen LogP contribution in [0.5, 0.6) is 5.75 Å². The first-order valence-corrected chi connectivity index (χ1v) is 4.89. The highest BCUT2D eigenvalue weighted by molar-refractivity contribution is 5.54.